The molecule has 0 fully saturated rings. The zero-order chi connectivity index (χ0) is 15.6. The van der Waals surface area contributed by atoms with E-state index in [1.165, 1.54) is 5.56 Å². The standard InChI is InChI=1S/C16H20ClN3O/c1-11-5-7-12(8-6-11)20-14(18-15(21)10-17)9-13(19-20)16(2,3)4/h5-9H,10H2,1-4H3,(H,18,21). The lowest BCUT2D eigenvalue weighted by Crippen LogP contribution is -2.15. The van der Waals surface area contributed by atoms with E-state index in [2.05, 4.69) is 31.2 Å². The molecule has 21 heavy (non-hydrogen) atoms. The summed E-state index contributed by atoms with van der Waals surface area (Å²) in [5, 5.41) is 7.42. The highest BCUT2D eigenvalue weighted by molar-refractivity contribution is 6.29. The topological polar surface area (TPSA) is 46.9 Å². The number of hydrogen-bond acceptors (Lipinski definition) is 2. The van der Waals surface area contributed by atoms with Gasteiger partial charge in [0.05, 0.1) is 11.4 Å². The fourth-order valence-corrected chi connectivity index (χ4v) is 1.96. The number of alkyl halides is 1. The highest BCUT2D eigenvalue weighted by atomic mass is 35.5. The number of benzene rings is 1. The zero-order valence-corrected chi connectivity index (χ0v) is 13.5. The molecule has 0 bridgehead atoms. The summed E-state index contributed by atoms with van der Waals surface area (Å²) < 4.78 is 1.74. The Bertz CT molecular complexity index is 639. The number of nitrogens with one attached hydrogen (secondary N) is 1. The molecule has 0 atom stereocenters. The lowest BCUT2D eigenvalue weighted by molar-refractivity contribution is -0.114. The third-order valence-electron chi connectivity index (χ3n) is 3.15. The van der Waals surface area contributed by atoms with Crippen LogP contribution in [0, 0.1) is 6.92 Å². The predicted octanol–water partition coefficient (Wildman–Crippen LogP) is 3.66. The van der Waals surface area contributed by atoms with E-state index in [1.807, 2.05) is 37.3 Å². The van der Waals surface area contributed by atoms with E-state index in [9.17, 15) is 4.79 Å². The number of aryl methyl sites for hydroxylation is 1. The Labute approximate surface area is 130 Å². The molecule has 0 saturated carbocycles. The number of carbonyl (C=O) groups excluding carboxylic acids is 1. The molecule has 112 valence electrons. The van der Waals surface area contributed by atoms with Crippen LogP contribution in [0.25, 0.3) is 5.69 Å². The predicted molar refractivity (Wildman–Crippen MR) is 86.4 cm³/mol. The lowest BCUT2D eigenvalue weighted by Gasteiger charge is -2.14. The molecule has 1 amide bonds. The molecule has 2 aromatic rings. The number of hydrogen-bond donors (Lipinski definition) is 1. The van der Waals surface area contributed by atoms with Crippen LogP contribution in [-0.2, 0) is 10.2 Å². The third-order valence-corrected chi connectivity index (χ3v) is 3.39. The van der Waals surface area contributed by atoms with Gasteiger partial charge in [0, 0.05) is 11.5 Å². The van der Waals surface area contributed by atoms with E-state index >= 15 is 0 Å². The summed E-state index contributed by atoms with van der Waals surface area (Å²) in [6.07, 6.45) is 0. The van der Waals surface area contributed by atoms with Gasteiger partial charge in [0.15, 0.2) is 0 Å². The van der Waals surface area contributed by atoms with E-state index in [1.54, 1.807) is 4.68 Å². The minimum atomic E-state index is -0.245. The summed E-state index contributed by atoms with van der Waals surface area (Å²) in [7, 11) is 0. The van der Waals surface area contributed by atoms with Gasteiger partial charge < -0.3 is 5.32 Å². The minimum Gasteiger partial charge on any atom is -0.310 e. The maximum absolute atomic E-state index is 11.6. The highest BCUT2D eigenvalue weighted by Gasteiger charge is 2.21. The number of amides is 1. The second-order valence-corrected chi connectivity index (χ2v) is 6.36. The normalized spacial score (nSPS) is 11.5. The van der Waals surface area contributed by atoms with Gasteiger partial charge >= 0.3 is 0 Å². The first-order valence-electron chi connectivity index (χ1n) is 6.84. The Morgan fingerprint density at radius 1 is 1.29 bits per heavy atom. The summed E-state index contributed by atoms with van der Waals surface area (Å²) in [6.45, 7) is 8.29. The average Bonchev–Trinajstić information content (AvgIpc) is 2.83. The maximum Gasteiger partial charge on any atom is 0.240 e. The van der Waals surface area contributed by atoms with Gasteiger partial charge in [-0.3, -0.25) is 4.79 Å². The van der Waals surface area contributed by atoms with Crippen molar-refractivity contribution in [1.29, 1.82) is 0 Å². The van der Waals surface area contributed by atoms with Crippen molar-refractivity contribution in [2.24, 2.45) is 0 Å². The van der Waals surface area contributed by atoms with Crippen molar-refractivity contribution in [2.75, 3.05) is 11.2 Å². The molecule has 2 rings (SSSR count). The van der Waals surface area contributed by atoms with Gasteiger partial charge in [-0.2, -0.15) is 5.10 Å². The Balaban J connectivity index is 2.49. The molecule has 0 aliphatic carbocycles. The van der Waals surface area contributed by atoms with Crippen molar-refractivity contribution in [2.45, 2.75) is 33.1 Å². The number of aromatic nitrogens is 2. The van der Waals surface area contributed by atoms with Crippen LogP contribution in [0.4, 0.5) is 5.82 Å². The number of halogens is 1. The minimum absolute atomic E-state index is 0.0794. The van der Waals surface area contributed by atoms with Gasteiger partial charge in [-0.25, -0.2) is 4.68 Å². The zero-order valence-electron chi connectivity index (χ0n) is 12.8. The summed E-state index contributed by atoms with van der Waals surface area (Å²) in [6, 6.07) is 9.88. The van der Waals surface area contributed by atoms with Gasteiger partial charge in [0.1, 0.15) is 11.7 Å². The van der Waals surface area contributed by atoms with Crippen molar-refractivity contribution in [3.05, 3.63) is 41.6 Å². The van der Waals surface area contributed by atoms with E-state index in [0.717, 1.165) is 11.4 Å². The molecule has 1 heterocycles. The highest BCUT2D eigenvalue weighted by Crippen LogP contribution is 2.26. The van der Waals surface area contributed by atoms with Crippen LogP contribution >= 0.6 is 11.6 Å². The van der Waals surface area contributed by atoms with Crippen LogP contribution in [0.15, 0.2) is 30.3 Å². The lowest BCUT2D eigenvalue weighted by atomic mass is 9.92. The number of anilines is 1. The maximum atomic E-state index is 11.6. The van der Waals surface area contributed by atoms with E-state index in [4.69, 9.17) is 11.6 Å². The molecule has 0 spiro atoms. The molecular weight excluding hydrogens is 286 g/mol. The van der Waals surface area contributed by atoms with Gasteiger partial charge in [-0.05, 0) is 19.1 Å². The van der Waals surface area contributed by atoms with E-state index in [0.29, 0.717) is 5.82 Å². The Hall–Kier alpha value is -1.81. The van der Waals surface area contributed by atoms with Crippen LogP contribution in [0.5, 0.6) is 0 Å². The van der Waals surface area contributed by atoms with E-state index < -0.39 is 0 Å². The van der Waals surface area contributed by atoms with Gasteiger partial charge in [0.25, 0.3) is 0 Å². The van der Waals surface area contributed by atoms with Gasteiger partial charge in [-0.15, -0.1) is 11.6 Å². The SMILES string of the molecule is Cc1ccc(-n2nc(C(C)(C)C)cc2NC(=O)CCl)cc1. The quantitative estimate of drug-likeness (QED) is 0.880. The van der Waals surface area contributed by atoms with Crippen LogP contribution < -0.4 is 5.32 Å². The average molecular weight is 306 g/mol. The molecule has 0 aliphatic heterocycles. The summed E-state index contributed by atoms with van der Waals surface area (Å²) in [5.41, 5.74) is 2.89. The molecule has 1 aromatic carbocycles. The Morgan fingerprint density at radius 3 is 2.43 bits per heavy atom. The monoisotopic (exact) mass is 305 g/mol. The van der Waals surface area contributed by atoms with Crippen LogP contribution in [0.1, 0.15) is 32.0 Å². The first-order chi connectivity index (χ1) is 9.81. The van der Waals surface area contributed by atoms with Crippen LogP contribution in [-0.4, -0.2) is 21.6 Å². The first-order valence-corrected chi connectivity index (χ1v) is 7.38. The fraction of sp³-hybridized carbons (Fsp3) is 0.375. The van der Waals surface area contributed by atoms with Crippen LogP contribution in [0.3, 0.4) is 0 Å². The number of nitrogens with zero attached hydrogens (tertiary/aromatic N) is 2. The van der Waals surface area contributed by atoms with Crippen molar-refractivity contribution in [3.8, 4) is 5.69 Å². The van der Waals surface area contributed by atoms with Gasteiger partial charge in [-0.1, -0.05) is 38.5 Å². The van der Waals surface area contributed by atoms with Crippen molar-refractivity contribution < 1.29 is 4.79 Å². The number of rotatable bonds is 3. The molecular formula is C16H20ClN3O. The third kappa shape index (κ3) is 3.64. The summed E-state index contributed by atoms with van der Waals surface area (Å²) in [5.74, 6) is 0.309. The molecule has 0 saturated heterocycles. The van der Waals surface area contributed by atoms with Crippen molar-refractivity contribution in [3.63, 3.8) is 0 Å². The van der Waals surface area contributed by atoms with Crippen molar-refractivity contribution >= 4 is 23.3 Å². The molecule has 0 aliphatic rings. The smallest absolute Gasteiger partial charge is 0.240 e. The molecule has 0 radical (unpaired) electrons. The molecule has 0 unspecified atom stereocenters. The summed E-state index contributed by atoms with van der Waals surface area (Å²) >= 11 is 5.58. The molecule has 4 nitrogen and oxygen atoms in total. The van der Waals surface area contributed by atoms with Gasteiger partial charge in [0.2, 0.25) is 5.91 Å². The molecule has 5 heteroatoms. The van der Waals surface area contributed by atoms with E-state index in [-0.39, 0.29) is 17.2 Å². The largest absolute Gasteiger partial charge is 0.310 e. The Kier molecular flexibility index (Phi) is 4.37. The van der Waals surface area contributed by atoms with Crippen LogP contribution in [0.2, 0.25) is 0 Å². The second-order valence-electron chi connectivity index (χ2n) is 6.09. The second kappa shape index (κ2) is 5.90. The van der Waals surface area contributed by atoms with Crippen molar-refractivity contribution in [1.82, 2.24) is 9.78 Å². The molecule has 1 N–H and O–H groups in total. The Morgan fingerprint density at radius 2 is 1.90 bits per heavy atom. The fourth-order valence-electron chi connectivity index (χ4n) is 1.90. The number of carbonyl (C=O) groups is 1. The summed E-state index contributed by atoms with van der Waals surface area (Å²) in [4.78, 5) is 11.6. The first kappa shape index (κ1) is 15.6. The molecule has 1 aromatic heterocycles.